The van der Waals surface area contributed by atoms with E-state index in [1.165, 1.54) is 17.0 Å². The lowest BCUT2D eigenvalue weighted by Crippen LogP contribution is -2.32. The van der Waals surface area contributed by atoms with Gasteiger partial charge in [-0.2, -0.15) is 13.2 Å². The molecule has 1 aromatic rings. The van der Waals surface area contributed by atoms with Gasteiger partial charge in [0.15, 0.2) is 0 Å². The third kappa shape index (κ3) is 3.39. The maximum absolute atomic E-state index is 12.7. The Morgan fingerprint density at radius 2 is 1.95 bits per heavy atom. The van der Waals surface area contributed by atoms with E-state index in [0.29, 0.717) is 13.1 Å². The molecule has 0 unspecified atom stereocenters. The van der Waals surface area contributed by atoms with Crippen LogP contribution in [-0.2, 0) is 6.18 Å². The molecule has 0 radical (unpaired) electrons. The number of nitrogen functional groups attached to an aromatic ring is 1. The first-order valence-corrected chi connectivity index (χ1v) is 6.07. The van der Waals surface area contributed by atoms with E-state index < -0.39 is 23.3 Å². The highest BCUT2D eigenvalue weighted by atomic mass is 19.4. The average molecular weight is 274 g/mol. The maximum Gasteiger partial charge on any atom is 0.418 e. The van der Waals surface area contributed by atoms with Gasteiger partial charge in [0, 0.05) is 13.1 Å². The molecular formula is C13H17F3N2O. The second-order valence-corrected chi connectivity index (χ2v) is 4.15. The zero-order valence-corrected chi connectivity index (χ0v) is 10.9. The van der Waals surface area contributed by atoms with Crippen molar-refractivity contribution >= 4 is 11.6 Å². The molecule has 2 N–H and O–H groups in total. The molecule has 0 saturated carbocycles. The second-order valence-electron chi connectivity index (χ2n) is 4.15. The summed E-state index contributed by atoms with van der Waals surface area (Å²) in [5.41, 5.74) is 3.93. The third-order valence-corrected chi connectivity index (χ3v) is 2.80. The molecule has 1 aromatic carbocycles. The number of alkyl halides is 3. The highest BCUT2D eigenvalue weighted by molar-refractivity contribution is 5.99. The summed E-state index contributed by atoms with van der Waals surface area (Å²) < 4.78 is 38.2. The van der Waals surface area contributed by atoms with Crippen LogP contribution in [0.25, 0.3) is 0 Å². The van der Waals surface area contributed by atoms with Gasteiger partial charge in [-0.1, -0.05) is 13.0 Å². The van der Waals surface area contributed by atoms with E-state index in [1.807, 2.05) is 6.92 Å². The molecule has 0 aromatic heterocycles. The van der Waals surface area contributed by atoms with Crippen molar-refractivity contribution in [2.45, 2.75) is 26.4 Å². The van der Waals surface area contributed by atoms with Crippen molar-refractivity contribution in [3.05, 3.63) is 29.3 Å². The molecule has 0 fully saturated rings. The van der Waals surface area contributed by atoms with Crippen LogP contribution in [-0.4, -0.2) is 23.9 Å². The molecule has 0 aliphatic carbocycles. The Morgan fingerprint density at radius 1 is 1.32 bits per heavy atom. The van der Waals surface area contributed by atoms with Crippen LogP contribution in [0.5, 0.6) is 0 Å². The number of halogens is 3. The van der Waals surface area contributed by atoms with E-state index in [2.05, 4.69) is 0 Å². The SMILES string of the molecule is CCCN(CC)C(=O)c1cccc(C(F)(F)F)c1N. The van der Waals surface area contributed by atoms with Crippen LogP contribution in [0.1, 0.15) is 36.2 Å². The summed E-state index contributed by atoms with van der Waals surface area (Å²) in [5, 5.41) is 0. The number of amides is 1. The van der Waals surface area contributed by atoms with Gasteiger partial charge in [0.05, 0.1) is 16.8 Å². The molecule has 19 heavy (non-hydrogen) atoms. The number of para-hydroxylation sites is 1. The van der Waals surface area contributed by atoms with E-state index >= 15 is 0 Å². The van der Waals surface area contributed by atoms with Crippen molar-refractivity contribution in [2.24, 2.45) is 0 Å². The Morgan fingerprint density at radius 3 is 2.42 bits per heavy atom. The van der Waals surface area contributed by atoms with E-state index in [9.17, 15) is 18.0 Å². The number of nitrogens with zero attached hydrogens (tertiary/aromatic N) is 1. The minimum Gasteiger partial charge on any atom is -0.398 e. The minimum absolute atomic E-state index is 0.0925. The highest BCUT2D eigenvalue weighted by Crippen LogP contribution is 2.35. The van der Waals surface area contributed by atoms with E-state index in [-0.39, 0.29) is 5.56 Å². The summed E-state index contributed by atoms with van der Waals surface area (Å²) in [7, 11) is 0. The van der Waals surface area contributed by atoms with Gasteiger partial charge in [-0.05, 0) is 25.5 Å². The Hall–Kier alpha value is -1.72. The Bertz CT molecular complexity index is 458. The molecule has 1 amide bonds. The Balaban J connectivity index is 3.18. The van der Waals surface area contributed by atoms with Crippen molar-refractivity contribution in [1.29, 1.82) is 0 Å². The zero-order chi connectivity index (χ0) is 14.6. The summed E-state index contributed by atoms with van der Waals surface area (Å²) in [4.78, 5) is 13.6. The normalized spacial score (nSPS) is 11.4. The fourth-order valence-corrected chi connectivity index (χ4v) is 1.84. The standard InChI is InChI=1S/C13H17F3N2O/c1-3-8-18(4-2)12(19)9-6-5-7-10(11(9)17)13(14,15)16/h5-7H,3-4,8,17H2,1-2H3. The van der Waals surface area contributed by atoms with Crippen molar-refractivity contribution in [3.63, 3.8) is 0 Å². The lowest BCUT2D eigenvalue weighted by Gasteiger charge is -2.22. The number of benzene rings is 1. The van der Waals surface area contributed by atoms with Gasteiger partial charge < -0.3 is 10.6 Å². The third-order valence-electron chi connectivity index (χ3n) is 2.80. The highest BCUT2D eigenvalue weighted by Gasteiger charge is 2.34. The zero-order valence-electron chi connectivity index (χ0n) is 10.9. The first-order valence-electron chi connectivity index (χ1n) is 6.07. The summed E-state index contributed by atoms with van der Waals surface area (Å²) in [6, 6.07) is 3.40. The van der Waals surface area contributed by atoms with Gasteiger partial charge in [0.2, 0.25) is 0 Å². The molecule has 0 aliphatic heterocycles. The number of anilines is 1. The average Bonchev–Trinajstić information content (AvgIpc) is 2.34. The van der Waals surface area contributed by atoms with E-state index in [0.717, 1.165) is 12.5 Å². The first-order chi connectivity index (χ1) is 8.82. The predicted octanol–water partition coefficient (Wildman–Crippen LogP) is 3.16. The van der Waals surface area contributed by atoms with Crippen molar-refractivity contribution in [1.82, 2.24) is 4.90 Å². The van der Waals surface area contributed by atoms with E-state index in [4.69, 9.17) is 5.73 Å². The van der Waals surface area contributed by atoms with Crippen molar-refractivity contribution in [2.75, 3.05) is 18.8 Å². The molecule has 0 bridgehead atoms. The fraction of sp³-hybridized carbons (Fsp3) is 0.462. The topological polar surface area (TPSA) is 46.3 Å². The van der Waals surface area contributed by atoms with Gasteiger partial charge in [-0.15, -0.1) is 0 Å². The van der Waals surface area contributed by atoms with Gasteiger partial charge in [-0.3, -0.25) is 4.79 Å². The molecule has 0 saturated heterocycles. The molecule has 6 heteroatoms. The summed E-state index contributed by atoms with van der Waals surface area (Å²) >= 11 is 0. The van der Waals surface area contributed by atoms with Gasteiger partial charge >= 0.3 is 6.18 Å². The molecule has 1 rings (SSSR count). The molecule has 0 spiro atoms. The van der Waals surface area contributed by atoms with Crippen LogP contribution in [0.15, 0.2) is 18.2 Å². The lowest BCUT2D eigenvalue weighted by molar-refractivity contribution is -0.136. The van der Waals surface area contributed by atoms with E-state index in [1.54, 1.807) is 6.92 Å². The summed E-state index contributed by atoms with van der Waals surface area (Å²) in [5.74, 6) is -0.465. The Kier molecular flexibility index (Phi) is 4.80. The molecule has 0 heterocycles. The van der Waals surface area contributed by atoms with Crippen LogP contribution >= 0.6 is 0 Å². The smallest absolute Gasteiger partial charge is 0.398 e. The van der Waals surface area contributed by atoms with Gasteiger partial charge in [-0.25, -0.2) is 0 Å². The van der Waals surface area contributed by atoms with Crippen molar-refractivity contribution < 1.29 is 18.0 Å². The quantitative estimate of drug-likeness (QED) is 0.857. The molecule has 106 valence electrons. The lowest BCUT2D eigenvalue weighted by atomic mass is 10.1. The largest absolute Gasteiger partial charge is 0.418 e. The van der Waals surface area contributed by atoms with Crippen molar-refractivity contribution in [3.8, 4) is 0 Å². The fourth-order valence-electron chi connectivity index (χ4n) is 1.84. The number of rotatable bonds is 4. The molecule has 3 nitrogen and oxygen atoms in total. The van der Waals surface area contributed by atoms with Gasteiger partial charge in [0.25, 0.3) is 5.91 Å². The Labute approximate surface area is 110 Å². The first kappa shape index (κ1) is 15.3. The number of nitrogens with two attached hydrogens (primary N) is 1. The molecule has 0 aliphatic rings. The molecular weight excluding hydrogens is 257 g/mol. The van der Waals surface area contributed by atoms with Crippen LogP contribution in [0, 0.1) is 0 Å². The number of carbonyl (C=O) groups is 1. The number of hydrogen-bond donors (Lipinski definition) is 1. The minimum atomic E-state index is -4.55. The monoisotopic (exact) mass is 274 g/mol. The molecule has 0 atom stereocenters. The number of carbonyl (C=O) groups excluding carboxylic acids is 1. The van der Waals surface area contributed by atoms with Crippen LogP contribution < -0.4 is 5.73 Å². The summed E-state index contributed by atoms with van der Waals surface area (Å²) in [6.45, 7) is 4.59. The second kappa shape index (κ2) is 5.95. The maximum atomic E-state index is 12.7. The predicted molar refractivity (Wildman–Crippen MR) is 67.7 cm³/mol. The van der Waals surface area contributed by atoms with Crippen LogP contribution in [0.2, 0.25) is 0 Å². The van der Waals surface area contributed by atoms with Crippen LogP contribution in [0.3, 0.4) is 0 Å². The van der Waals surface area contributed by atoms with Crippen LogP contribution in [0.4, 0.5) is 18.9 Å². The number of hydrogen-bond acceptors (Lipinski definition) is 2. The summed E-state index contributed by atoms with van der Waals surface area (Å²) in [6.07, 6.45) is -3.82. The van der Waals surface area contributed by atoms with Gasteiger partial charge in [0.1, 0.15) is 0 Å².